The summed E-state index contributed by atoms with van der Waals surface area (Å²) in [4.78, 5) is 11.0. The van der Waals surface area contributed by atoms with Gasteiger partial charge in [-0.25, -0.2) is 0 Å². The smallest absolute Gasteiger partial charge is 0.307 e. The molecule has 112 valence electrons. The van der Waals surface area contributed by atoms with E-state index in [1.807, 2.05) is 25.1 Å². The molecule has 5 heteroatoms. The van der Waals surface area contributed by atoms with Gasteiger partial charge >= 0.3 is 5.97 Å². The van der Waals surface area contributed by atoms with Gasteiger partial charge in [0.15, 0.2) is 0 Å². The minimum absolute atomic E-state index is 0.155. The molecule has 0 amide bonds. The highest BCUT2D eigenvalue weighted by atomic mass is 16.5. The Bertz CT molecular complexity index is 425. The lowest BCUT2D eigenvalue weighted by Crippen LogP contribution is -2.25. The van der Waals surface area contributed by atoms with Crippen molar-refractivity contribution in [3.8, 4) is 11.5 Å². The van der Waals surface area contributed by atoms with Gasteiger partial charge < -0.3 is 20.3 Å². The van der Waals surface area contributed by atoms with Gasteiger partial charge in [0.25, 0.3) is 0 Å². The lowest BCUT2D eigenvalue weighted by atomic mass is 9.90. The molecule has 2 atom stereocenters. The van der Waals surface area contributed by atoms with Crippen LogP contribution in [0, 0.1) is 11.8 Å². The summed E-state index contributed by atoms with van der Waals surface area (Å²) in [5.41, 5.74) is 6.46. The van der Waals surface area contributed by atoms with Crippen LogP contribution < -0.4 is 15.2 Å². The molecule has 2 unspecified atom stereocenters. The second kappa shape index (κ2) is 7.75. The maximum absolute atomic E-state index is 11.0. The first kappa shape index (κ1) is 16.3. The van der Waals surface area contributed by atoms with Crippen molar-refractivity contribution in [3.63, 3.8) is 0 Å². The summed E-state index contributed by atoms with van der Waals surface area (Å²) in [7, 11) is 3.23. The molecular formula is C15H23NO4. The fourth-order valence-electron chi connectivity index (χ4n) is 2.34. The number of aliphatic carboxylic acids is 1. The van der Waals surface area contributed by atoms with Gasteiger partial charge in [0.05, 0.1) is 20.1 Å². The van der Waals surface area contributed by atoms with Gasteiger partial charge in [0, 0.05) is 12.1 Å². The number of hydrogen-bond donors (Lipinski definition) is 2. The van der Waals surface area contributed by atoms with Gasteiger partial charge in [0.2, 0.25) is 0 Å². The number of benzene rings is 1. The second-order valence-corrected chi connectivity index (χ2v) is 4.96. The maximum atomic E-state index is 11.0. The number of carboxylic acids is 1. The average molecular weight is 281 g/mol. The number of carbonyl (C=O) groups is 1. The molecule has 0 aromatic heterocycles. The predicted octanol–water partition coefficient (Wildman–Crippen LogP) is 1.93. The van der Waals surface area contributed by atoms with E-state index >= 15 is 0 Å². The van der Waals surface area contributed by atoms with Crippen molar-refractivity contribution in [1.82, 2.24) is 0 Å². The number of carboxylic acid groups (broad SMARTS) is 1. The summed E-state index contributed by atoms with van der Waals surface area (Å²) in [5.74, 6) is 0.341. The highest BCUT2D eigenvalue weighted by Crippen LogP contribution is 2.31. The fourth-order valence-corrected chi connectivity index (χ4v) is 2.34. The van der Waals surface area contributed by atoms with Gasteiger partial charge in [0.1, 0.15) is 11.5 Å². The van der Waals surface area contributed by atoms with Crippen LogP contribution in [0.2, 0.25) is 0 Å². The Hall–Kier alpha value is -1.75. The molecule has 0 fully saturated rings. The van der Waals surface area contributed by atoms with Crippen LogP contribution in [0.5, 0.6) is 11.5 Å². The molecule has 0 heterocycles. The first-order valence-corrected chi connectivity index (χ1v) is 6.66. The zero-order valence-electron chi connectivity index (χ0n) is 12.3. The molecule has 0 radical (unpaired) electrons. The van der Waals surface area contributed by atoms with Crippen LogP contribution in [0.25, 0.3) is 0 Å². The van der Waals surface area contributed by atoms with Crippen LogP contribution in [0.15, 0.2) is 18.2 Å². The van der Waals surface area contributed by atoms with Crippen molar-refractivity contribution in [2.45, 2.75) is 19.8 Å². The van der Waals surface area contributed by atoms with E-state index in [0.717, 1.165) is 17.1 Å². The maximum Gasteiger partial charge on any atom is 0.307 e. The summed E-state index contributed by atoms with van der Waals surface area (Å²) in [6, 6.07) is 5.62. The van der Waals surface area contributed by atoms with E-state index < -0.39 is 11.9 Å². The van der Waals surface area contributed by atoms with Crippen LogP contribution in [-0.2, 0) is 11.2 Å². The number of rotatable bonds is 8. The lowest BCUT2D eigenvalue weighted by molar-refractivity contribution is -0.141. The Balaban J connectivity index is 2.84. The third-order valence-corrected chi connectivity index (χ3v) is 3.40. The topological polar surface area (TPSA) is 81.8 Å². The number of nitrogens with two attached hydrogens (primary N) is 1. The molecule has 0 saturated heterocycles. The molecule has 1 aromatic carbocycles. The third-order valence-electron chi connectivity index (χ3n) is 3.40. The Morgan fingerprint density at radius 2 is 1.85 bits per heavy atom. The summed E-state index contributed by atoms with van der Waals surface area (Å²) < 4.78 is 10.7. The monoisotopic (exact) mass is 281 g/mol. The first-order chi connectivity index (χ1) is 9.53. The Labute approximate surface area is 119 Å². The van der Waals surface area contributed by atoms with E-state index in [0.29, 0.717) is 12.8 Å². The molecule has 0 saturated carbocycles. The van der Waals surface area contributed by atoms with E-state index in [9.17, 15) is 4.79 Å². The molecule has 0 aliphatic rings. The van der Waals surface area contributed by atoms with Crippen LogP contribution >= 0.6 is 0 Å². The van der Waals surface area contributed by atoms with Gasteiger partial charge in [-0.05, 0) is 30.9 Å². The van der Waals surface area contributed by atoms with Gasteiger partial charge in [-0.15, -0.1) is 0 Å². The molecule has 5 nitrogen and oxygen atoms in total. The molecule has 0 aliphatic heterocycles. The summed E-state index contributed by atoms with van der Waals surface area (Å²) >= 11 is 0. The van der Waals surface area contributed by atoms with E-state index in [2.05, 4.69) is 0 Å². The molecule has 1 aromatic rings. The van der Waals surface area contributed by atoms with Crippen LogP contribution in [0.1, 0.15) is 18.9 Å². The number of hydrogen-bond acceptors (Lipinski definition) is 4. The van der Waals surface area contributed by atoms with Crippen LogP contribution in [0.3, 0.4) is 0 Å². The van der Waals surface area contributed by atoms with Crippen molar-refractivity contribution in [3.05, 3.63) is 23.8 Å². The van der Waals surface area contributed by atoms with E-state index in [1.54, 1.807) is 14.2 Å². The highest BCUT2D eigenvalue weighted by Gasteiger charge is 2.21. The second-order valence-electron chi connectivity index (χ2n) is 4.96. The van der Waals surface area contributed by atoms with E-state index in [-0.39, 0.29) is 12.5 Å². The Kier molecular flexibility index (Phi) is 6.31. The van der Waals surface area contributed by atoms with Gasteiger partial charge in [-0.1, -0.05) is 13.0 Å². The third kappa shape index (κ3) is 4.13. The minimum atomic E-state index is -0.841. The summed E-state index contributed by atoms with van der Waals surface area (Å²) in [5, 5.41) is 9.06. The fraction of sp³-hybridized carbons (Fsp3) is 0.533. The Morgan fingerprint density at radius 3 is 2.25 bits per heavy atom. The molecule has 0 aliphatic carbocycles. The molecule has 1 rings (SSSR count). The standard InChI is InChI=1S/C15H23NO4/c1-10(7-11(9-16)15(17)18)8-12-13(19-2)5-4-6-14(12)20-3/h4-6,10-11H,7-9,16H2,1-3H3,(H,17,18). The van der Waals surface area contributed by atoms with Crippen molar-refractivity contribution < 1.29 is 19.4 Å². The van der Waals surface area contributed by atoms with Crippen molar-refractivity contribution >= 4 is 5.97 Å². The van der Waals surface area contributed by atoms with Crippen molar-refractivity contribution in [1.29, 1.82) is 0 Å². The summed E-state index contributed by atoms with van der Waals surface area (Å²) in [6.45, 7) is 2.17. The molecule has 0 bridgehead atoms. The SMILES string of the molecule is COc1cccc(OC)c1CC(C)CC(CN)C(=O)O. The van der Waals surface area contributed by atoms with Gasteiger partial charge in [-0.3, -0.25) is 4.79 Å². The molecular weight excluding hydrogens is 258 g/mol. The normalized spacial score (nSPS) is 13.6. The van der Waals surface area contributed by atoms with E-state index in [1.165, 1.54) is 0 Å². The van der Waals surface area contributed by atoms with E-state index in [4.69, 9.17) is 20.3 Å². The van der Waals surface area contributed by atoms with Crippen LogP contribution in [-0.4, -0.2) is 31.8 Å². The van der Waals surface area contributed by atoms with Crippen LogP contribution in [0.4, 0.5) is 0 Å². The zero-order valence-corrected chi connectivity index (χ0v) is 12.3. The lowest BCUT2D eigenvalue weighted by Gasteiger charge is -2.19. The average Bonchev–Trinajstić information content (AvgIpc) is 2.44. The van der Waals surface area contributed by atoms with Crippen molar-refractivity contribution in [2.75, 3.05) is 20.8 Å². The molecule has 0 spiro atoms. The quantitative estimate of drug-likeness (QED) is 0.761. The molecule has 20 heavy (non-hydrogen) atoms. The largest absolute Gasteiger partial charge is 0.496 e. The first-order valence-electron chi connectivity index (χ1n) is 6.66. The predicted molar refractivity (Wildman–Crippen MR) is 77.2 cm³/mol. The van der Waals surface area contributed by atoms with Gasteiger partial charge in [-0.2, -0.15) is 0 Å². The number of methoxy groups -OCH3 is 2. The highest BCUT2D eigenvalue weighted by molar-refractivity contribution is 5.70. The molecule has 3 N–H and O–H groups in total. The summed E-state index contributed by atoms with van der Waals surface area (Å²) in [6.07, 6.45) is 1.23. The minimum Gasteiger partial charge on any atom is -0.496 e. The Morgan fingerprint density at radius 1 is 1.30 bits per heavy atom. The van der Waals surface area contributed by atoms with Crippen molar-refractivity contribution in [2.24, 2.45) is 17.6 Å². The number of ether oxygens (including phenoxy) is 2. The zero-order chi connectivity index (χ0) is 15.1.